The number of fused-ring (bicyclic) bond motifs is 2. The molecular formula is C36H46N6O3. The van der Waals surface area contributed by atoms with Gasteiger partial charge in [-0.3, -0.25) is 14.4 Å². The highest BCUT2D eigenvalue weighted by molar-refractivity contribution is 6.00. The molecule has 4 aromatic carbocycles. The zero-order chi connectivity index (χ0) is 32.0. The van der Waals surface area contributed by atoms with Gasteiger partial charge in [-0.2, -0.15) is 0 Å². The van der Waals surface area contributed by atoms with Gasteiger partial charge in [-0.1, -0.05) is 85.6 Å². The number of hydrogen-bond acceptors (Lipinski definition) is 6. The molecule has 0 aliphatic carbocycles. The van der Waals surface area contributed by atoms with Gasteiger partial charge in [0.15, 0.2) is 0 Å². The van der Waals surface area contributed by atoms with Crippen molar-refractivity contribution in [3.05, 3.63) is 96.1 Å². The molecule has 9 heteroatoms. The maximum absolute atomic E-state index is 14.0. The molecule has 0 spiro atoms. The minimum absolute atomic E-state index is 0.152. The van der Waals surface area contributed by atoms with Crippen molar-refractivity contribution in [2.24, 2.45) is 17.2 Å². The lowest BCUT2D eigenvalue weighted by Crippen LogP contribution is -2.52. The summed E-state index contributed by atoms with van der Waals surface area (Å²) in [6, 6.07) is 26.3. The van der Waals surface area contributed by atoms with E-state index in [0.29, 0.717) is 38.0 Å². The van der Waals surface area contributed by atoms with E-state index in [1.165, 1.54) is 4.90 Å². The monoisotopic (exact) mass is 610 g/mol. The van der Waals surface area contributed by atoms with Crippen LogP contribution < -0.4 is 27.8 Å². The van der Waals surface area contributed by atoms with Crippen LogP contribution in [0, 0.1) is 0 Å². The van der Waals surface area contributed by atoms with Crippen molar-refractivity contribution >= 4 is 39.3 Å². The highest BCUT2D eigenvalue weighted by Gasteiger charge is 2.25. The number of nitrogens with zero attached hydrogens (tertiary/aromatic N) is 1. The van der Waals surface area contributed by atoms with Gasteiger partial charge in [0.05, 0.1) is 12.6 Å². The van der Waals surface area contributed by atoms with Crippen molar-refractivity contribution in [2.75, 3.05) is 26.2 Å². The van der Waals surface area contributed by atoms with Gasteiger partial charge < -0.3 is 32.7 Å². The largest absolute Gasteiger partial charge is 0.350 e. The molecule has 0 saturated heterocycles. The first-order valence-corrected chi connectivity index (χ1v) is 15.9. The number of nitrogens with one attached hydrogen (secondary N) is 2. The maximum Gasteiger partial charge on any atom is 0.254 e. The van der Waals surface area contributed by atoms with Crippen molar-refractivity contribution < 1.29 is 14.4 Å². The van der Waals surface area contributed by atoms with Crippen molar-refractivity contribution in [1.29, 1.82) is 0 Å². The molecule has 4 aromatic rings. The molecule has 238 valence electrons. The Morgan fingerprint density at radius 1 is 0.733 bits per heavy atom. The maximum atomic E-state index is 14.0. The van der Waals surface area contributed by atoms with E-state index in [4.69, 9.17) is 17.2 Å². The van der Waals surface area contributed by atoms with E-state index in [0.717, 1.165) is 52.8 Å². The zero-order valence-corrected chi connectivity index (χ0v) is 25.9. The topological polar surface area (TPSA) is 157 Å². The van der Waals surface area contributed by atoms with Crippen LogP contribution in [0.15, 0.2) is 84.9 Å². The van der Waals surface area contributed by atoms with Gasteiger partial charge in [-0.25, -0.2) is 0 Å². The summed E-state index contributed by atoms with van der Waals surface area (Å²) >= 11 is 0. The lowest BCUT2D eigenvalue weighted by Gasteiger charge is -2.29. The minimum atomic E-state index is -0.679. The smallest absolute Gasteiger partial charge is 0.254 e. The van der Waals surface area contributed by atoms with E-state index in [1.807, 2.05) is 78.9 Å². The molecule has 0 fully saturated rings. The summed E-state index contributed by atoms with van der Waals surface area (Å²) in [7, 11) is 0. The summed E-state index contributed by atoms with van der Waals surface area (Å²) in [5.41, 5.74) is 19.0. The zero-order valence-electron chi connectivity index (χ0n) is 25.9. The molecule has 0 aliphatic heterocycles. The van der Waals surface area contributed by atoms with Gasteiger partial charge in [0.25, 0.3) is 5.91 Å². The Morgan fingerprint density at radius 2 is 1.40 bits per heavy atom. The van der Waals surface area contributed by atoms with Gasteiger partial charge in [-0.05, 0) is 78.0 Å². The molecule has 0 aromatic heterocycles. The molecule has 0 unspecified atom stereocenters. The number of rotatable bonds is 17. The Kier molecular flexibility index (Phi) is 12.9. The molecule has 0 bridgehead atoms. The van der Waals surface area contributed by atoms with E-state index >= 15 is 0 Å². The third kappa shape index (κ3) is 9.84. The van der Waals surface area contributed by atoms with Crippen LogP contribution in [0.5, 0.6) is 0 Å². The number of nitrogens with two attached hydrogens (primary N) is 3. The Bertz CT molecular complexity index is 1570. The van der Waals surface area contributed by atoms with Crippen LogP contribution in [0.2, 0.25) is 0 Å². The van der Waals surface area contributed by atoms with Crippen molar-refractivity contribution in [3.63, 3.8) is 0 Å². The second kappa shape index (κ2) is 17.2. The number of benzene rings is 4. The first-order valence-electron chi connectivity index (χ1n) is 15.9. The van der Waals surface area contributed by atoms with Crippen LogP contribution in [-0.2, 0) is 16.1 Å². The molecule has 2 atom stereocenters. The van der Waals surface area contributed by atoms with Crippen LogP contribution in [0.25, 0.3) is 21.5 Å². The van der Waals surface area contributed by atoms with Crippen LogP contribution in [0.4, 0.5) is 0 Å². The quantitative estimate of drug-likeness (QED) is 0.114. The molecule has 4 rings (SSSR count). The first-order chi connectivity index (χ1) is 21.9. The Hall–Kier alpha value is -4.31. The molecule has 0 saturated carbocycles. The normalized spacial score (nSPS) is 12.5. The van der Waals surface area contributed by atoms with E-state index in [9.17, 15) is 14.4 Å². The standard InChI is InChI=1S/C36H46N6O3/c37-20-7-5-15-31(41-35(44)33(39)17-6-8-21-38)24-42(36(45)29-19-18-26-10-1-2-12-28(26)22-29)25-34(43)40-23-30-14-9-13-27-11-3-4-16-32(27)30/h1-4,9-14,16,18-19,22,31,33H,5-8,15,17,20-21,23-25,37-39H2,(H,40,43)(H,41,44)/t31-,33-/m0/s1. The van der Waals surface area contributed by atoms with Crippen LogP contribution in [0.3, 0.4) is 0 Å². The Morgan fingerprint density at radius 3 is 2.16 bits per heavy atom. The predicted octanol–water partition coefficient (Wildman–Crippen LogP) is 3.82. The Labute approximate surface area is 265 Å². The molecule has 0 radical (unpaired) electrons. The summed E-state index contributed by atoms with van der Waals surface area (Å²) in [6.07, 6.45) is 4.20. The number of hydrogen-bond donors (Lipinski definition) is 5. The van der Waals surface area contributed by atoms with Gasteiger partial charge in [0, 0.05) is 24.7 Å². The molecular weight excluding hydrogens is 564 g/mol. The minimum Gasteiger partial charge on any atom is -0.350 e. The average Bonchev–Trinajstić information content (AvgIpc) is 3.06. The van der Waals surface area contributed by atoms with Crippen LogP contribution >= 0.6 is 0 Å². The Balaban J connectivity index is 1.53. The van der Waals surface area contributed by atoms with E-state index in [2.05, 4.69) is 10.6 Å². The van der Waals surface area contributed by atoms with Crippen LogP contribution in [0.1, 0.15) is 54.4 Å². The average molecular weight is 611 g/mol. The second-order valence-corrected chi connectivity index (χ2v) is 11.5. The van der Waals surface area contributed by atoms with Gasteiger partial charge in [0.1, 0.15) is 0 Å². The summed E-state index contributed by atoms with van der Waals surface area (Å²) in [4.78, 5) is 42.0. The van der Waals surface area contributed by atoms with Crippen LogP contribution in [-0.4, -0.2) is 60.9 Å². The fourth-order valence-corrected chi connectivity index (χ4v) is 5.55. The van der Waals surface area contributed by atoms with E-state index < -0.39 is 12.1 Å². The number of carbonyl (C=O) groups is 3. The fraction of sp³-hybridized carbons (Fsp3) is 0.361. The highest BCUT2D eigenvalue weighted by Crippen LogP contribution is 2.19. The second-order valence-electron chi connectivity index (χ2n) is 11.5. The number of unbranched alkanes of at least 4 members (excludes halogenated alkanes) is 2. The van der Waals surface area contributed by atoms with E-state index in [-0.39, 0.29) is 30.8 Å². The van der Waals surface area contributed by atoms with Gasteiger partial charge >= 0.3 is 0 Å². The molecule has 0 heterocycles. The van der Waals surface area contributed by atoms with Gasteiger partial charge in [-0.15, -0.1) is 0 Å². The number of carbonyl (C=O) groups excluding carboxylic acids is 3. The molecule has 9 nitrogen and oxygen atoms in total. The molecule has 3 amide bonds. The lowest BCUT2D eigenvalue weighted by molar-refractivity contribution is -0.123. The summed E-state index contributed by atoms with van der Waals surface area (Å²) in [5, 5.41) is 10.2. The van der Waals surface area contributed by atoms with Crippen molar-refractivity contribution in [3.8, 4) is 0 Å². The molecule has 0 aliphatic rings. The first kappa shape index (κ1) is 33.6. The fourth-order valence-electron chi connectivity index (χ4n) is 5.55. The molecule has 8 N–H and O–H groups in total. The van der Waals surface area contributed by atoms with Gasteiger partial charge in [0.2, 0.25) is 11.8 Å². The SMILES string of the molecule is NCCCC[C@@H](CN(CC(=O)NCc1cccc2ccccc12)C(=O)c1ccc2ccccc2c1)NC(=O)[C@@H](N)CCCCN. The summed E-state index contributed by atoms with van der Waals surface area (Å²) in [6.45, 7) is 1.38. The third-order valence-electron chi connectivity index (χ3n) is 8.07. The predicted molar refractivity (Wildman–Crippen MR) is 181 cm³/mol. The third-order valence-corrected chi connectivity index (χ3v) is 8.07. The lowest BCUT2D eigenvalue weighted by atomic mass is 10.0. The molecule has 45 heavy (non-hydrogen) atoms. The van der Waals surface area contributed by atoms with Crippen molar-refractivity contribution in [2.45, 2.75) is 57.2 Å². The highest BCUT2D eigenvalue weighted by atomic mass is 16.2. The summed E-state index contributed by atoms with van der Waals surface area (Å²) in [5.74, 6) is -0.850. The summed E-state index contributed by atoms with van der Waals surface area (Å²) < 4.78 is 0. The van der Waals surface area contributed by atoms with Crippen molar-refractivity contribution in [1.82, 2.24) is 15.5 Å². The number of amides is 3. The van der Waals surface area contributed by atoms with E-state index in [1.54, 1.807) is 6.07 Å².